The van der Waals surface area contributed by atoms with Crippen LogP contribution in [0.1, 0.15) is 39.2 Å². The first-order valence-corrected chi connectivity index (χ1v) is 10.2. The highest BCUT2D eigenvalue weighted by molar-refractivity contribution is 6.30. The van der Waals surface area contributed by atoms with Gasteiger partial charge in [-0.15, -0.1) is 0 Å². The van der Waals surface area contributed by atoms with Gasteiger partial charge in [-0.2, -0.15) is 0 Å². The number of amides is 2. The fourth-order valence-corrected chi connectivity index (χ4v) is 3.57. The van der Waals surface area contributed by atoms with Crippen molar-refractivity contribution in [3.05, 3.63) is 34.9 Å². The number of hydrogen-bond donors (Lipinski definition) is 1. The normalized spacial score (nSPS) is 17.8. The van der Waals surface area contributed by atoms with Gasteiger partial charge in [0.15, 0.2) is 0 Å². The fraction of sp³-hybridized carbons (Fsp3) is 0.619. The Labute approximate surface area is 173 Å². The molecule has 1 N–H and O–H groups in total. The van der Waals surface area contributed by atoms with Crippen molar-refractivity contribution in [2.75, 3.05) is 33.2 Å². The van der Waals surface area contributed by atoms with Crippen molar-refractivity contribution in [3.63, 3.8) is 0 Å². The molecule has 28 heavy (non-hydrogen) atoms. The number of carbonyl (C=O) groups is 2. The van der Waals surface area contributed by atoms with E-state index in [0.717, 1.165) is 31.5 Å². The first-order chi connectivity index (χ1) is 13.1. The lowest BCUT2D eigenvalue weighted by Gasteiger charge is -2.34. The molecule has 1 saturated heterocycles. The summed E-state index contributed by atoms with van der Waals surface area (Å²) in [5.41, 5.74) is 0.488. The molecule has 0 radical (unpaired) electrons. The summed E-state index contributed by atoms with van der Waals surface area (Å²) in [6, 6.07) is 7.48. The lowest BCUT2D eigenvalue weighted by molar-refractivity contribution is -0.122. The second-order valence-electron chi connectivity index (χ2n) is 8.51. The van der Waals surface area contributed by atoms with Gasteiger partial charge in [0.05, 0.1) is 6.54 Å². The molecule has 2 amide bonds. The molecule has 1 unspecified atom stereocenters. The summed E-state index contributed by atoms with van der Waals surface area (Å²) in [7, 11) is 1.77. The maximum absolute atomic E-state index is 12.3. The van der Waals surface area contributed by atoms with Crippen LogP contribution in [-0.4, -0.2) is 60.6 Å². The summed E-state index contributed by atoms with van der Waals surface area (Å²) in [5.74, 6) is 0.341. The summed E-state index contributed by atoms with van der Waals surface area (Å²) < 4.78 is 5.41. The second-order valence-corrected chi connectivity index (χ2v) is 8.95. The summed E-state index contributed by atoms with van der Waals surface area (Å²) in [6.07, 6.45) is 1.77. The standard InChI is InChI=1S/C21H32ClN3O3/c1-21(2,3)28-20(27)24(4)13-17-8-6-10-25(14-17)15-19(26)23-12-16-7-5-9-18(22)11-16/h5,7,9,11,17H,6,8,10,12-15H2,1-4H3,(H,23,26). The lowest BCUT2D eigenvalue weighted by atomic mass is 9.97. The molecular weight excluding hydrogens is 378 g/mol. The zero-order valence-electron chi connectivity index (χ0n) is 17.3. The van der Waals surface area contributed by atoms with E-state index in [1.165, 1.54) is 0 Å². The summed E-state index contributed by atoms with van der Waals surface area (Å²) in [4.78, 5) is 28.2. The maximum Gasteiger partial charge on any atom is 0.410 e. The van der Waals surface area contributed by atoms with E-state index in [2.05, 4.69) is 10.2 Å². The maximum atomic E-state index is 12.3. The predicted octanol–water partition coefficient (Wildman–Crippen LogP) is 3.54. The van der Waals surface area contributed by atoms with Gasteiger partial charge in [0.25, 0.3) is 0 Å². The first-order valence-electron chi connectivity index (χ1n) is 9.80. The Balaban J connectivity index is 1.76. The van der Waals surface area contributed by atoms with Crippen LogP contribution in [0.4, 0.5) is 4.79 Å². The van der Waals surface area contributed by atoms with Gasteiger partial charge in [0.2, 0.25) is 5.91 Å². The third kappa shape index (κ3) is 8.07. The van der Waals surface area contributed by atoms with E-state index in [4.69, 9.17) is 16.3 Å². The molecular formula is C21H32ClN3O3. The number of nitrogens with one attached hydrogen (secondary N) is 1. The van der Waals surface area contributed by atoms with Gasteiger partial charge >= 0.3 is 6.09 Å². The van der Waals surface area contributed by atoms with Gasteiger partial charge in [-0.1, -0.05) is 23.7 Å². The number of carbonyl (C=O) groups excluding carboxylic acids is 2. The molecule has 0 aromatic heterocycles. The van der Waals surface area contributed by atoms with E-state index in [0.29, 0.717) is 30.6 Å². The van der Waals surface area contributed by atoms with Crippen LogP contribution in [0.3, 0.4) is 0 Å². The Hall–Kier alpha value is -1.79. The zero-order valence-corrected chi connectivity index (χ0v) is 18.1. The highest BCUT2D eigenvalue weighted by Gasteiger charge is 2.26. The molecule has 6 nitrogen and oxygen atoms in total. The van der Waals surface area contributed by atoms with E-state index in [9.17, 15) is 9.59 Å². The first kappa shape index (κ1) is 22.5. The van der Waals surface area contributed by atoms with Crippen molar-refractivity contribution in [3.8, 4) is 0 Å². The van der Waals surface area contributed by atoms with Crippen molar-refractivity contribution in [1.29, 1.82) is 0 Å². The molecule has 7 heteroatoms. The van der Waals surface area contributed by atoms with E-state index < -0.39 is 5.60 Å². The van der Waals surface area contributed by atoms with Crippen LogP contribution in [0.2, 0.25) is 5.02 Å². The minimum absolute atomic E-state index is 0.00104. The zero-order chi connectivity index (χ0) is 20.7. The van der Waals surface area contributed by atoms with Gasteiger partial charge in [0.1, 0.15) is 5.60 Å². The molecule has 1 aliphatic heterocycles. The average molecular weight is 410 g/mol. The molecule has 2 rings (SSSR count). The Kier molecular flexibility index (Phi) is 8.13. The van der Waals surface area contributed by atoms with Crippen LogP contribution in [0.25, 0.3) is 0 Å². The van der Waals surface area contributed by atoms with Gasteiger partial charge < -0.3 is 15.0 Å². The van der Waals surface area contributed by atoms with E-state index in [1.54, 1.807) is 11.9 Å². The fourth-order valence-electron chi connectivity index (χ4n) is 3.35. The van der Waals surface area contributed by atoms with Crippen LogP contribution in [0.15, 0.2) is 24.3 Å². The highest BCUT2D eigenvalue weighted by atomic mass is 35.5. The number of benzene rings is 1. The summed E-state index contributed by atoms with van der Waals surface area (Å²) in [6.45, 7) is 8.77. The largest absolute Gasteiger partial charge is 0.444 e. The van der Waals surface area contributed by atoms with E-state index >= 15 is 0 Å². The van der Waals surface area contributed by atoms with E-state index in [-0.39, 0.29) is 12.0 Å². The lowest BCUT2D eigenvalue weighted by Crippen LogP contribution is -2.46. The number of nitrogens with zero attached hydrogens (tertiary/aromatic N) is 2. The molecule has 0 spiro atoms. The quantitative estimate of drug-likeness (QED) is 0.780. The third-order valence-corrected chi connectivity index (χ3v) is 4.82. The Bertz CT molecular complexity index is 675. The Morgan fingerprint density at radius 3 is 2.79 bits per heavy atom. The smallest absolute Gasteiger partial charge is 0.410 e. The van der Waals surface area contributed by atoms with Gasteiger partial charge in [-0.05, 0) is 63.8 Å². The van der Waals surface area contributed by atoms with Crippen LogP contribution in [0.5, 0.6) is 0 Å². The van der Waals surface area contributed by atoms with Crippen molar-refractivity contribution in [1.82, 2.24) is 15.1 Å². The molecule has 0 aliphatic carbocycles. The minimum atomic E-state index is -0.495. The molecule has 1 atom stereocenters. The molecule has 1 fully saturated rings. The molecule has 0 bridgehead atoms. The van der Waals surface area contributed by atoms with Crippen molar-refractivity contribution in [2.24, 2.45) is 5.92 Å². The molecule has 1 aromatic carbocycles. The van der Waals surface area contributed by atoms with Crippen LogP contribution in [-0.2, 0) is 16.1 Å². The van der Waals surface area contributed by atoms with Crippen molar-refractivity contribution >= 4 is 23.6 Å². The van der Waals surface area contributed by atoms with Crippen LogP contribution < -0.4 is 5.32 Å². The topological polar surface area (TPSA) is 61.9 Å². The van der Waals surface area contributed by atoms with E-state index in [1.807, 2.05) is 45.0 Å². The van der Waals surface area contributed by atoms with Crippen LogP contribution in [0, 0.1) is 5.92 Å². The summed E-state index contributed by atoms with van der Waals surface area (Å²) in [5, 5.41) is 3.62. The molecule has 0 saturated carbocycles. The van der Waals surface area contributed by atoms with Crippen molar-refractivity contribution < 1.29 is 14.3 Å². The number of piperidine rings is 1. The van der Waals surface area contributed by atoms with Gasteiger partial charge in [-0.3, -0.25) is 9.69 Å². The molecule has 1 aromatic rings. The molecule has 156 valence electrons. The third-order valence-electron chi connectivity index (χ3n) is 4.59. The number of hydrogen-bond acceptors (Lipinski definition) is 4. The molecule has 1 aliphatic rings. The van der Waals surface area contributed by atoms with Crippen LogP contribution >= 0.6 is 11.6 Å². The van der Waals surface area contributed by atoms with Gasteiger partial charge in [-0.25, -0.2) is 4.79 Å². The SMILES string of the molecule is CN(CC1CCCN(CC(=O)NCc2cccc(Cl)c2)C1)C(=O)OC(C)(C)C. The number of halogens is 1. The summed E-state index contributed by atoms with van der Waals surface area (Å²) >= 11 is 5.97. The number of rotatable bonds is 6. The molecule has 1 heterocycles. The second kappa shape index (κ2) is 10.1. The number of ether oxygens (including phenoxy) is 1. The van der Waals surface area contributed by atoms with Gasteiger partial charge in [0, 0.05) is 31.7 Å². The Morgan fingerprint density at radius 2 is 2.11 bits per heavy atom. The highest BCUT2D eigenvalue weighted by Crippen LogP contribution is 2.18. The van der Waals surface area contributed by atoms with Crippen molar-refractivity contribution in [2.45, 2.75) is 45.8 Å². The Morgan fingerprint density at radius 1 is 1.36 bits per heavy atom. The minimum Gasteiger partial charge on any atom is -0.444 e. The monoisotopic (exact) mass is 409 g/mol. The number of likely N-dealkylation sites (tertiary alicyclic amines) is 1. The predicted molar refractivity (Wildman–Crippen MR) is 111 cm³/mol. The average Bonchev–Trinajstić information content (AvgIpc) is 2.59.